The van der Waals surface area contributed by atoms with E-state index in [1.807, 2.05) is 11.8 Å². The van der Waals surface area contributed by atoms with Gasteiger partial charge in [0.25, 0.3) is 0 Å². The summed E-state index contributed by atoms with van der Waals surface area (Å²) in [4.78, 5) is 0. The molecule has 0 bridgehead atoms. The second-order valence-electron chi connectivity index (χ2n) is 5.85. The summed E-state index contributed by atoms with van der Waals surface area (Å²) < 4.78 is 5.89. The van der Waals surface area contributed by atoms with Gasteiger partial charge >= 0.3 is 0 Å². The highest BCUT2D eigenvalue weighted by molar-refractivity contribution is 7.99. The second kappa shape index (κ2) is 6.41. The lowest BCUT2D eigenvalue weighted by Crippen LogP contribution is -2.53. The van der Waals surface area contributed by atoms with E-state index in [0.29, 0.717) is 18.1 Å². The van der Waals surface area contributed by atoms with Gasteiger partial charge in [0.2, 0.25) is 0 Å². The van der Waals surface area contributed by atoms with Gasteiger partial charge in [-0.25, -0.2) is 0 Å². The topological polar surface area (TPSA) is 47.3 Å². The third kappa shape index (κ3) is 3.60. The maximum atomic E-state index is 5.89. The smallest absolute Gasteiger partial charge is 0.0834 e. The summed E-state index contributed by atoms with van der Waals surface area (Å²) in [5.41, 5.74) is 3.04. The summed E-state index contributed by atoms with van der Waals surface area (Å²) in [6.45, 7) is 5.62. The quantitative estimate of drug-likeness (QED) is 0.600. The molecule has 1 aliphatic heterocycles. The molecule has 3 N–H and O–H groups in total. The predicted molar refractivity (Wildman–Crippen MR) is 73.8 cm³/mol. The third-order valence-corrected chi connectivity index (χ3v) is 5.18. The van der Waals surface area contributed by atoms with Crippen molar-refractivity contribution in [3.63, 3.8) is 0 Å². The van der Waals surface area contributed by atoms with Crippen molar-refractivity contribution >= 4 is 11.8 Å². The van der Waals surface area contributed by atoms with Crippen molar-refractivity contribution in [2.75, 3.05) is 18.1 Å². The van der Waals surface area contributed by atoms with Crippen LogP contribution in [0.15, 0.2) is 0 Å². The number of rotatable bonds is 3. The number of hydrogen-bond acceptors (Lipinski definition) is 4. The molecule has 3 nitrogen and oxygen atoms in total. The van der Waals surface area contributed by atoms with Crippen LogP contribution in [0.4, 0.5) is 0 Å². The van der Waals surface area contributed by atoms with Gasteiger partial charge in [-0.05, 0) is 37.0 Å². The van der Waals surface area contributed by atoms with Crippen molar-refractivity contribution in [3.8, 4) is 0 Å². The molecule has 2 aliphatic rings. The molecule has 100 valence electrons. The van der Waals surface area contributed by atoms with E-state index in [1.165, 1.54) is 19.3 Å². The van der Waals surface area contributed by atoms with Gasteiger partial charge in [-0.2, -0.15) is 11.8 Å². The Bertz CT molecular complexity index is 223. The number of thioether (sulfide) groups is 1. The van der Waals surface area contributed by atoms with Crippen LogP contribution in [-0.4, -0.2) is 30.3 Å². The number of nitrogens with one attached hydrogen (secondary N) is 1. The largest absolute Gasteiger partial charge is 0.375 e. The Morgan fingerprint density at radius 3 is 2.47 bits per heavy atom. The molecule has 1 aliphatic carbocycles. The lowest BCUT2D eigenvalue weighted by molar-refractivity contribution is 0.0147. The molecule has 17 heavy (non-hydrogen) atoms. The first kappa shape index (κ1) is 13.7. The van der Waals surface area contributed by atoms with E-state index in [9.17, 15) is 0 Å². The first-order valence-electron chi connectivity index (χ1n) is 6.86. The average Bonchev–Trinajstić information content (AvgIpc) is 2.30. The summed E-state index contributed by atoms with van der Waals surface area (Å²) in [6, 6.07) is 0.341. The van der Waals surface area contributed by atoms with Crippen LogP contribution in [0, 0.1) is 17.8 Å². The van der Waals surface area contributed by atoms with Gasteiger partial charge in [0.05, 0.1) is 18.8 Å². The molecule has 4 atom stereocenters. The number of nitrogens with two attached hydrogens (primary N) is 1. The highest BCUT2D eigenvalue weighted by Crippen LogP contribution is 2.36. The van der Waals surface area contributed by atoms with Gasteiger partial charge in [0.1, 0.15) is 0 Å². The van der Waals surface area contributed by atoms with Gasteiger partial charge in [0, 0.05) is 11.5 Å². The molecule has 0 aromatic rings. The molecular weight excluding hydrogens is 232 g/mol. The van der Waals surface area contributed by atoms with Crippen LogP contribution in [0.1, 0.15) is 33.1 Å². The molecule has 0 aromatic carbocycles. The van der Waals surface area contributed by atoms with Gasteiger partial charge in [-0.15, -0.1) is 0 Å². The lowest BCUT2D eigenvalue weighted by atomic mass is 9.73. The number of hydrogen-bond donors (Lipinski definition) is 2. The van der Waals surface area contributed by atoms with Crippen LogP contribution >= 0.6 is 11.8 Å². The van der Waals surface area contributed by atoms with Crippen molar-refractivity contribution in [2.45, 2.75) is 45.3 Å². The highest BCUT2D eigenvalue weighted by Gasteiger charge is 2.35. The van der Waals surface area contributed by atoms with Crippen molar-refractivity contribution in [2.24, 2.45) is 23.6 Å². The SMILES string of the molecule is CC1CC(C)CC(C(NN)C2CSCCO2)C1. The average molecular weight is 258 g/mol. The first-order valence-corrected chi connectivity index (χ1v) is 8.01. The van der Waals surface area contributed by atoms with Gasteiger partial charge in [-0.1, -0.05) is 13.8 Å². The van der Waals surface area contributed by atoms with Gasteiger partial charge in [-0.3, -0.25) is 11.3 Å². The first-order chi connectivity index (χ1) is 8.20. The van der Waals surface area contributed by atoms with E-state index in [2.05, 4.69) is 19.3 Å². The molecular formula is C13H26N2OS. The van der Waals surface area contributed by atoms with Crippen LogP contribution in [0.25, 0.3) is 0 Å². The molecule has 0 spiro atoms. The van der Waals surface area contributed by atoms with Crippen LogP contribution < -0.4 is 11.3 Å². The van der Waals surface area contributed by atoms with E-state index in [4.69, 9.17) is 10.6 Å². The van der Waals surface area contributed by atoms with Crippen molar-refractivity contribution in [3.05, 3.63) is 0 Å². The fourth-order valence-electron chi connectivity index (χ4n) is 3.56. The normalized spacial score (nSPS) is 41.1. The lowest BCUT2D eigenvalue weighted by Gasteiger charge is -2.40. The van der Waals surface area contributed by atoms with E-state index in [-0.39, 0.29) is 0 Å². The zero-order valence-electron chi connectivity index (χ0n) is 11.0. The fraction of sp³-hybridized carbons (Fsp3) is 1.00. The maximum Gasteiger partial charge on any atom is 0.0834 e. The fourth-order valence-corrected chi connectivity index (χ4v) is 4.48. The molecule has 4 unspecified atom stereocenters. The Hall–Kier alpha value is 0.230. The second-order valence-corrected chi connectivity index (χ2v) is 7.00. The molecule has 1 heterocycles. The van der Waals surface area contributed by atoms with Crippen molar-refractivity contribution in [1.29, 1.82) is 0 Å². The van der Waals surface area contributed by atoms with Crippen LogP contribution in [0.5, 0.6) is 0 Å². The molecule has 0 aromatic heterocycles. The molecule has 2 rings (SSSR count). The Balaban J connectivity index is 1.96. The zero-order chi connectivity index (χ0) is 12.3. The van der Waals surface area contributed by atoms with Crippen molar-refractivity contribution < 1.29 is 4.74 Å². The molecule has 4 heteroatoms. The Morgan fingerprint density at radius 2 is 1.94 bits per heavy atom. The van der Waals surface area contributed by atoms with Gasteiger partial charge in [0.15, 0.2) is 0 Å². The maximum absolute atomic E-state index is 5.89. The van der Waals surface area contributed by atoms with Crippen LogP contribution in [-0.2, 0) is 4.74 Å². The van der Waals surface area contributed by atoms with E-state index < -0.39 is 0 Å². The predicted octanol–water partition coefficient (Wildman–Crippen LogP) is 2.02. The van der Waals surface area contributed by atoms with Gasteiger partial charge < -0.3 is 4.74 Å². The van der Waals surface area contributed by atoms with Crippen LogP contribution in [0.2, 0.25) is 0 Å². The summed E-state index contributed by atoms with van der Waals surface area (Å²) in [5.74, 6) is 10.3. The van der Waals surface area contributed by atoms with E-state index in [0.717, 1.165) is 29.9 Å². The molecule has 0 radical (unpaired) electrons. The standard InChI is InChI=1S/C13H26N2OS/c1-9-5-10(2)7-11(6-9)13(15-14)12-8-17-4-3-16-12/h9-13,15H,3-8,14H2,1-2H3. The highest BCUT2D eigenvalue weighted by atomic mass is 32.2. The summed E-state index contributed by atoms with van der Waals surface area (Å²) in [6.07, 6.45) is 4.27. The Labute approximate surface area is 109 Å². The number of hydrazine groups is 1. The molecule has 1 saturated carbocycles. The summed E-state index contributed by atoms with van der Waals surface area (Å²) in [5, 5.41) is 0. The Morgan fingerprint density at radius 1 is 1.24 bits per heavy atom. The summed E-state index contributed by atoms with van der Waals surface area (Å²) >= 11 is 1.99. The third-order valence-electron chi connectivity index (χ3n) is 4.16. The minimum atomic E-state index is 0.307. The monoisotopic (exact) mass is 258 g/mol. The Kier molecular flexibility index (Phi) is 5.15. The minimum absolute atomic E-state index is 0.307. The van der Waals surface area contributed by atoms with E-state index in [1.54, 1.807) is 0 Å². The van der Waals surface area contributed by atoms with Crippen molar-refractivity contribution in [1.82, 2.24) is 5.43 Å². The molecule has 2 fully saturated rings. The number of ether oxygens (including phenoxy) is 1. The zero-order valence-corrected chi connectivity index (χ0v) is 11.8. The van der Waals surface area contributed by atoms with E-state index >= 15 is 0 Å². The summed E-state index contributed by atoms with van der Waals surface area (Å²) in [7, 11) is 0. The molecule has 0 amide bonds. The minimum Gasteiger partial charge on any atom is -0.375 e. The molecule has 1 saturated heterocycles. The van der Waals surface area contributed by atoms with Crippen LogP contribution in [0.3, 0.4) is 0 Å².